The van der Waals surface area contributed by atoms with Gasteiger partial charge in [-0.15, -0.1) is 11.6 Å². The van der Waals surface area contributed by atoms with E-state index < -0.39 is 0 Å². The average molecular weight is 253 g/mol. The van der Waals surface area contributed by atoms with Crippen molar-refractivity contribution in [2.45, 2.75) is 13.3 Å². The molecule has 0 fully saturated rings. The van der Waals surface area contributed by atoms with Crippen molar-refractivity contribution >= 4 is 28.5 Å². The zero-order valence-corrected chi connectivity index (χ0v) is 11.0. The van der Waals surface area contributed by atoms with E-state index in [-0.39, 0.29) is 0 Å². The summed E-state index contributed by atoms with van der Waals surface area (Å²) >= 11 is 5.84. The highest BCUT2D eigenvalue weighted by molar-refractivity contribution is 6.18. The largest absolute Gasteiger partial charge is 0.354 e. The van der Waals surface area contributed by atoms with Gasteiger partial charge in [-0.25, -0.2) is 9.97 Å². The zero-order chi connectivity index (χ0) is 12.3. The summed E-state index contributed by atoms with van der Waals surface area (Å²) in [6.45, 7) is 3.91. The molecule has 0 atom stereocenters. The Morgan fingerprint density at radius 1 is 1.35 bits per heavy atom. The van der Waals surface area contributed by atoms with Crippen LogP contribution in [0.25, 0.3) is 11.0 Å². The van der Waals surface area contributed by atoms with Gasteiger partial charge in [-0.05, 0) is 12.5 Å². The molecule has 0 N–H and O–H groups in total. The topological polar surface area (TPSA) is 34.0 Å². The second-order valence-electron chi connectivity index (χ2n) is 4.03. The minimum Gasteiger partial charge on any atom is -0.354 e. The van der Waals surface area contributed by atoms with Crippen LogP contribution in [-0.2, 0) is 7.05 Å². The molecule has 0 aliphatic carbocycles. The molecule has 0 aliphatic rings. The molecule has 17 heavy (non-hydrogen) atoms. The summed E-state index contributed by atoms with van der Waals surface area (Å²) in [6.07, 6.45) is 4.72. The number of aromatic nitrogens is 3. The van der Waals surface area contributed by atoms with E-state index >= 15 is 0 Å². The van der Waals surface area contributed by atoms with Gasteiger partial charge in [0.1, 0.15) is 5.52 Å². The molecule has 0 amide bonds. The van der Waals surface area contributed by atoms with E-state index in [4.69, 9.17) is 11.6 Å². The fourth-order valence-electron chi connectivity index (χ4n) is 1.98. The third-order valence-electron chi connectivity index (χ3n) is 2.77. The molecule has 2 aromatic rings. The second kappa shape index (κ2) is 5.36. The number of rotatable bonds is 5. The molecule has 0 unspecified atom stereocenters. The third kappa shape index (κ3) is 2.36. The Kier molecular flexibility index (Phi) is 3.84. The maximum atomic E-state index is 5.84. The lowest BCUT2D eigenvalue weighted by atomic mass is 10.3. The molecule has 0 aliphatic heterocycles. The lowest BCUT2D eigenvalue weighted by molar-refractivity contribution is 0.784. The number of fused-ring (bicyclic) bond motifs is 1. The van der Waals surface area contributed by atoms with E-state index in [1.165, 1.54) is 0 Å². The number of halogens is 1. The van der Waals surface area contributed by atoms with Crippen LogP contribution >= 0.6 is 11.6 Å². The van der Waals surface area contributed by atoms with Crippen molar-refractivity contribution in [2.75, 3.05) is 23.9 Å². The summed E-state index contributed by atoms with van der Waals surface area (Å²) in [7, 11) is 1.99. The van der Waals surface area contributed by atoms with Gasteiger partial charge in [0, 0.05) is 32.2 Å². The number of aryl methyl sites for hydroxylation is 1. The highest BCUT2D eigenvalue weighted by Gasteiger charge is 2.13. The SMILES string of the molecule is CCCN(CCCl)c1nccc2c1ncn2C. The summed E-state index contributed by atoms with van der Waals surface area (Å²) in [4.78, 5) is 11.1. The standard InChI is InChI=1S/C12H17ClN4/c1-3-7-17(8-5-13)12-11-10(4-6-14-12)16(2)9-15-11/h4,6,9H,3,5,7-8H2,1-2H3. The van der Waals surface area contributed by atoms with Gasteiger partial charge in [-0.3, -0.25) is 0 Å². The smallest absolute Gasteiger partial charge is 0.156 e. The molecule has 0 saturated carbocycles. The number of hydrogen-bond donors (Lipinski definition) is 0. The highest BCUT2D eigenvalue weighted by Crippen LogP contribution is 2.22. The number of pyridine rings is 1. The van der Waals surface area contributed by atoms with Gasteiger partial charge in [-0.1, -0.05) is 6.92 Å². The Hall–Kier alpha value is -1.29. The van der Waals surface area contributed by atoms with Crippen molar-refractivity contribution in [3.63, 3.8) is 0 Å². The summed E-state index contributed by atoms with van der Waals surface area (Å²) in [6, 6.07) is 1.98. The predicted octanol–water partition coefficient (Wildman–Crippen LogP) is 2.42. The van der Waals surface area contributed by atoms with Crippen molar-refractivity contribution in [3.8, 4) is 0 Å². The van der Waals surface area contributed by atoms with Crippen molar-refractivity contribution in [2.24, 2.45) is 7.05 Å². The molecule has 2 heterocycles. The minimum absolute atomic E-state index is 0.602. The van der Waals surface area contributed by atoms with Gasteiger partial charge < -0.3 is 9.47 Å². The minimum atomic E-state index is 0.602. The lowest BCUT2D eigenvalue weighted by Gasteiger charge is -2.22. The van der Waals surface area contributed by atoms with E-state index in [9.17, 15) is 0 Å². The van der Waals surface area contributed by atoms with Crippen LogP contribution in [-0.4, -0.2) is 33.5 Å². The zero-order valence-electron chi connectivity index (χ0n) is 10.2. The van der Waals surface area contributed by atoms with Crippen LogP contribution in [0.3, 0.4) is 0 Å². The van der Waals surface area contributed by atoms with Crippen LogP contribution in [0.4, 0.5) is 5.82 Å². The molecule has 0 saturated heterocycles. The number of imidazole rings is 1. The summed E-state index contributed by atoms with van der Waals surface area (Å²) in [5, 5.41) is 0. The van der Waals surface area contributed by atoms with E-state index in [0.29, 0.717) is 5.88 Å². The first-order chi connectivity index (χ1) is 8.27. The Balaban J connectivity index is 2.44. The van der Waals surface area contributed by atoms with Crippen LogP contribution in [0, 0.1) is 0 Å². The van der Waals surface area contributed by atoms with E-state index in [2.05, 4.69) is 21.8 Å². The lowest BCUT2D eigenvalue weighted by Crippen LogP contribution is -2.27. The molecule has 0 bridgehead atoms. The van der Waals surface area contributed by atoms with Crippen LogP contribution in [0.2, 0.25) is 0 Å². The molecular formula is C12H17ClN4. The van der Waals surface area contributed by atoms with E-state index in [0.717, 1.165) is 36.4 Å². The van der Waals surface area contributed by atoms with Crippen LogP contribution < -0.4 is 4.90 Å². The fraction of sp³-hybridized carbons (Fsp3) is 0.500. The molecule has 2 aromatic heterocycles. The summed E-state index contributed by atoms with van der Waals surface area (Å²) in [5.41, 5.74) is 2.05. The van der Waals surface area contributed by atoms with Crippen molar-refractivity contribution in [1.82, 2.24) is 14.5 Å². The highest BCUT2D eigenvalue weighted by atomic mass is 35.5. The van der Waals surface area contributed by atoms with Crippen LogP contribution in [0.15, 0.2) is 18.6 Å². The molecule has 0 spiro atoms. The van der Waals surface area contributed by atoms with E-state index in [1.807, 2.05) is 30.2 Å². The molecule has 4 nitrogen and oxygen atoms in total. The van der Waals surface area contributed by atoms with E-state index in [1.54, 1.807) is 0 Å². The van der Waals surface area contributed by atoms with Crippen LogP contribution in [0.1, 0.15) is 13.3 Å². The van der Waals surface area contributed by atoms with Crippen molar-refractivity contribution < 1.29 is 0 Å². The Labute approximate surface area is 106 Å². The Morgan fingerprint density at radius 3 is 2.88 bits per heavy atom. The van der Waals surface area contributed by atoms with Gasteiger partial charge >= 0.3 is 0 Å². The fourth-order valence-corrected chi connectivity index (χ4v) is 2.18. The van der Waals surface area contributed by atoms with Crippen LogP contribution in [0.5, 0.6) is 0 Å². The first-order valence-electron chi connectivity index (χ1n) is 5.85. The number of hydrogen-bond acceptors (Lipinski definition) is 3. The van der Waals surface area contributed by atoms with Gasteiger partial charge in [0.15, 0.2) is 5.82 Å². The second-order valence-corrected chi connectivity index (χ2v) is 4.41. The third-order valence-corrected chi connectivity index (χ3v) is 2.94. The number of nitrogens with zero attached hydrogens (tertiary/aromatic N) is 4. The molecule has 0 radical (unpaired) electrons. The maximum Gasteiger partial charge on any atom is 0.156 e. The molecule has 92 valence electrons. The van der Waals surface area contributed by atoms with Gasteiger partial charge in [0.2, 0.25) is 0 Å². The monoisotopic (exact) mass is 252 g/mol. The molecule has 2 rings (SSSR count). The summed E-state index contributed by atoms with van der Waals surface area (Å²) in [5.74, 6) is 1.54. The molecule has 5 heteroatoms. The van der Waals surface area contributed by atoms with Gasteiger partial charge in [0.05, 0.1) is 11.8 Å². The Morgan fingerprint density at radius 2 is 2.18 bits per heavy atom. The first kappa shape index (κ1) is 12.2. The first-order valence-corrected chi connectivity index (χ1v) is 6.38. The summed E-state index contributed by atoms with van der Waals surface area (Å²) < 4.78 is 2.01. The normalized spacial score (nSPS) is 11.0. The number of anilines is 1. The maximum absolute atomic E-state index is 5.84. The molecular weight excluding hydrogens is 236 g/mol. The predicted molar refractivity (Wildman–Crippen MR) is 71.7 cm³/mol. The average Bonchev–Trinajstić information content (AvgIpc) is 2.71. The number of alkyl halides is 1. The van der Waals surface area contributed by atoms with Gasteiger partial charge in [-0.2, -0.15) is 0 Å². The molecule has 0 aromatic carbocycles. The van der Waals surface area contributed by atoms with Crippen molar-refractivity contribution in [1.29, 1.82) is 0 Å². The Bertz CT molecular complexity index is 488. The quantitative estimate of drug-likeness (QED) is 0.767. The van der Waals surface area contributed by atoms with Gasteiger partial charge in [0.25, 0.3) is 0 Å². The van der Waals surface area contributed by atoms with Crippen molar-refractivity contribution in [3.05, 3.63) is 18.6 Å².